The van der Waals surface area contributed by atoms with Gasteiger partial charge in [0.1, 0.15) is 5.60 Å². The normalized spacial score (nSPS) is 22.4. The highest BCUT2D eigenvalue weighted by Crippen LogP contribution is 2.15. The second kappa shape index (κ2) is 6.60. The molecular weight excluding hydrogens is 264 g/mol. The third-order valence-corrected chi connectivity index (χ3v) is 2.67. The van der Waals surface area contributed by atoms with Crippen molar-refractivity contribution >= 4 is 12.2 Å². The van der Waals surface area contributed by atoms with E-state index in [1.54, 1.807) is 26.8 Å². The van der Waals surface area contributed by atoms with Crippen molar-refractivity contribution in [1.29, 1.82) is 0 Å². The van der Waals surface area contributed by atoms with E-state index in [9.17, 15) is 9.59 Å². The highest BCUT2D eigenvalue weighted by Gasteiger charge is 2.37. The van der Waals surface area contributed by atoms with Crippen molar-refractivity contribution in [3.05, 3.63) is 12.7 Å². The van der Waals surface area contributed by atoms with Crippen LogP contribution >= 0.6 is 0 Å². The van der Waals surface area contributed by atoms with E-state index in [1.807, 2.05) is 0 Å². The van der Waals surface area contributed by atoms with Crippen LogP contribution < -0.4 is 5.32 Å². The first-order chi connectivity index (χ1) is 9.23. The Hall–Kier alpha value is -1.76. The number of rotatable bonds is 4. The topological polar surface area (TPSA) is 88.1 Å². The molecule has 1 heterocycles. The van der Waals surface area contributed by atoms with Gasteiger partial charge in [-0.05, 0) is 20.8 Å². The van der Waals surface area contributed by atoms with Crippen molar-refractivity contribution in [1.82, 2.24) is 10.2 Å². The summed E-state index contributed by atoms with van der Waals surface area (Å²) < 4.78 is 10.6. The van der Waals surface area contributed by atoms with Crippen molar-refractivity contribution in [2.45, 2.75) is 38.5 Å². The molecule has 7 heteroatoms. The minimum atomic E-state index is -1.04. The van der Waals surface area contributed by atoms with Crippen molar-refractivity contribution in [2.24, 2.45) is 0 Å². The van der Waals surface area contributed by atoms with Crippen LogP contribution in [0.5, 0.6) is 0 Å². The van der Waals surface area contributed by atoms with Crippen LogP contribution in [0.2, 0.25) is 0 Å². The van der Waals surface area contributed by atoms with Gasteiger partial charge in [-0.2, -0.15) is 0 Å². The number of likely N-dealkylation sites (tertiary alicyclic amines) is 1. The van der Waals surface area contributed by atoms with Gasteiger partial charge in [-0.1, -0.05) is 6.08 Å². The van der Waals surface area contributed by atoms with Gasteiger partial charge in [0, 0.05) is 6.54 Å². The largest absolute Gasteiger partial charge is 0.465 e. The summed E-state index contributed by atoms with van der Waals surface area (Å²) in [6.45, 7) is 9.51. The average Bonchev–Trinajstić information content (AvgIpc) is 2.67. The van der Waals surface area contributed by atoms with E-state index < -0.39 is 29.9 Å². The minimum Gasteiger partial charge on any atom is -0.465 e. The number of hydrogen-bond acceptors (Lipinski definition) is 4. The Morgan fingerprint density at radius 1 is 1.45 bits per heavy atom. The van der Waals surface area contributed by atoms with Crippen LogP contribution in [0.4, 0.5) is 9.59 Å². The van der Waals surface area contributed by atoms with Crippen LogP contribution in [-0.2, 0) is 9.47 Å². The predicted octanol–water partition coefficient (Wildman–Crippen LogP) is 1.44. The summed E-state index contributed by atoms with van der Waals surface area (Å²) in [7, 11) is 0. The molecule has 1 saturated heterocycles. The summed E-state index contributed by atoms with van der Waals surface area (Å²) in [5, 5.41) is 11.7. The Balaban J connectivity index is 2.61. The van der Waals surface area contributed by atoms with Crippen molar-refractivity contribution < 1.29 is 24.2 Å². The van der Waals surface area contributed by atoms with Gasteiger partial charge in [-0.25, -0.2) is 9.59 Å². The van der Waals surface area contributed by atoms with Crippen LogP contribution in [0, 0.1) is 0 Å². The number of carboxylic acid groups (broad SMARTS) is 1. The summed E-state index contributed by atoms with van der Waals surface area (Å²) in [4.78, 5) is 23.9. The molecule has 2 N–H and O–H groups in total. The number of nitrogens with one attached hydrogen (secondary N) is 1. The Labute approximate surface area is 118 Å². The average molecular weight is 286 g/mol. The molecule has 7 nitrogen and oxygen atoms in total. The SMILES string of the molecule is C=CCO[C@H]1CN(C(=O)O)C[C@@H]1NC(=O)OC(C)(C)C. The molecule has 1 aliphatic heterocycles. The number of ether oxygens (including phenoxy) is 2. The molecule has 0 saturated carbocycles. The number of nitrogens with zero attached hydrogens (tertiary/aromatic N) is 1. The maximum atomic E-state index is 11.7. The van der Waals surface area contributed by atoms with E-state index in [1.165, 1.54) is 4.90 Å². The zero-order valence-electron chi connectivity index (χ0n) is 12.1. The zero-order chi connectivity index (χ0) is 15.3. The lowest BCUT2D eigenvalue weighted by Crippen LogP contribution is -2.46. The molecule has 0 aromatic rings. The molecule has 1 aliphatic rings. The fourth-order valence-corrected chi connectivity index (χ4v) is 1.89. The molecule has 0 bridgehead atoms. The van der Waals surface area contributed by atoms with Crippen LogP contribution in [-0.4, -0.2) is 59.6 Å². The van der Waals surface area contributed by atoms with E-state index >= 15 is 0 Å². The molecule has 1 rings (SSSR count). The summed E-state index contributed by atoms with van der Waals surface area (Å²) >= 11 is 0. The van der Waals surface area contributed by atoms with Gasteiger partial charge in [-0.15, -0.1) is 6.58 Å². The maximum absolute atomic E-state index is 11.7. The van der Waals surface area contributed by atoms with Gasteiger partial charge in [-0.3, -0.25) is 0 Å². The molecule has 1 fully saturated rings. The summed E-state index contributed by atoms with van der Waals surface area (Å²) in [6.07, 6.45) is -0.446. The highest BCUT2D eigenvalue weighted by atomic mass is 16.6. The number of hydrogen-bond donors (Lipinski definition) is 2. The molecule has 2 amide bonds. The van der Waals surface area contributed by atoms with Crippen molar-refractivity contribution in [3.8, 4) is 0 Å². The lowest BCUT2D eigenvalue weighted by molar-refractivity contribution is 0.0360. The van der Waals surface area contributed by atoms with E-state index in [0.29, 0.717) is 6.61 Å². The van der Waals surface area contributed by atoms with Gasteiger partial charge in [0.15, 0.2) is 0 Å². The van der Waals surface area contributed by atoms with Crippen molar-refractivity contribution in [3.63, 3.8) is 0 Å². The molecule has 0 aromatic heterocycles. The number of carbonyl (C=O) groups is 2. The molecule has 0 radical (unpaired) electrons. The molecule has 114 valence electrons. The third-order valence-electron chi connectivity index (χ3n) is 2.67. The second-order valence-corrected chi connectivity index (χ2v) is 5.60. The maximum Gasteiger partial charge on any atom is 0.408 e. The summed E-state index contributed by atoms with van der Waals surface area (Å²) in [5.74, 6) is 0. The smallest absolute Gasteiger partial charge is 0.408 e. The summed E-state index contributed by atoms with van der Waals surface area (Å²) in [5.41, 5.74) is -0.605. The Morgan fingerprint density at radius 2 is 2.10 bits per heavy atom. The van der Waals surface area contributed by atoms with E-state index in [0.717, 1.165) is 0 Å². The van der Waals surface area contributed by atoms with E-state index in [-0.39, 0.29) is 13.1 Å². The first kappa shape index (κ1) is 16.3. The van der Waals surface area contributed by atoms with Crippen LogP contribution in [0.3, 0.4) is 0 Å². The molecule has 0 aromatic carbocycles. The third kappa shape index (κ3) is 5.08. The zero-order valence-corrected chi connectivity index (χ0v) is 12.1. The van der Waals surface area contributed by atoms with E-state index in [2.05, 4.69) is 11.9 Å². The van der Waals surface area contributed by atoms with Gasteiger partial charge in [0.25, 0.3) is 0 Å². The molecule has 0 spiro atoms. The van der Waals surface area contributed by atoms with Gasteiger partial charge in [0.2, 0.25) is 0 Å². The molecule has 0 aliphatic carbocycles. The first-order valence-corrected chi connectivity index (χ1v) is 6.43. The molecule has 20 heavy (non-hydrogen) atoms. The Kier molecular flexibility index (Phi) is 5.38. The van der Waals surface area contributed by atoms with Gasteiger partial charge in [0.05, 0.1) is 25.3 Å². The quantitative estimate of drug-likeness (QED) is 0.764. The minimum absolute atomic E-state index is 0.177. The highest BCUT2D eigenvalue weighted by molar-refractivity contribution is 5.69. The van der Waals surface area contributed by atoms with Crippen molar-refractivity contribution in [2.75, 3.05) is 19.7 Å². The number of alkyl carbamates (subject to hydrolysis) is 1. The Morgan fingerprint density at radius 3 is 2.60 bits per heavy atom. The van der Waals surface area contributed by atoms with Crippen LogP contribution in [0.1, 0.15) is 20.8 Å². The van der Waals surface area contributed by atoms with Crippen LogP contribution in [0.15, 0.2) is 12.7 Å². The Bertz CT molecular complexity index is 377. The molecule has 2 atom stereocenters. The fourth-order valence-electron chi connectivity index (χ4n) is 1.89. The molecule has 0 unspecified atom stereocenters. The second-order valence-electron chi connectivity index (χ2n) is 5.60. The van der Waals surface area contributed by atoms with Gasteiger partial charge < -0.3 is 24.8 Å². The lowest BCUT2D eigenvalue weighted by atomic mass is 10.2. The van der Waals surface area contributed by atoms with Crippen LogP contribution in [0.25, 0.3) is 0 Å². The standard InChI is InChI=1S/C13H22N2O5/c1-5-6-19-10-8-15(12(17)18)7-9(10)14-11(16)20-13(2,3)4/h5,9-10H,1,6-8H2,2-4H3,(H,14,16)(H,17,18)/t9-,10-/m0/s1. The van der Waals surface area contributed by atoms with E-state index in [4.69, 9.17) is 14.6 Å². The predicted molar refractivity (Wildman–Crippen MR) is 72.7 cm³/mol. The number of amides is 2. The fraction of sp³-hybridized carbons (Fsp3) is 0.692. The monoisotopic (exact) mass is 286 g/mol. The lowest BCUT2D eigenvalue weighted by Gasteiger charge is -2.23. The molecular formula is C13H22N2O5. The first-order valence-electron chi connectivity index (χ1n) is 6.43. The summed E-state index contributed by atoms with van der Waals surface area (Å²) in [6, 6.07) is -0.430. The number of carbonyl (C=O) groups excluding carboxylic acids is 1. The van der Waals surface area contributed by atoms with Gasteiger partial charge >= 0.3 is 12.2 Å².